The van der Waals surface area contributed by atoms with Crippen LogP contribution >= 0.6 is 15.9 Å². The number of nitrogens with zero attached hydrogens (tertiary/aromatic N) is 4. The van der Waals surface area contributed by atoms with Crippen LogP contribution in [0.2, 0.25) is 0 Å². The number of hydrogen-bond donors (Lipinski definition) is 1. The molecule has 1 heterocycles. The summed E-state index contributed by atoms with van der Waals surface area (Å²) in [7, 11) is 0. The molecule has 7 heteroatoms. The van der Waals surface area contributed by atoms with Crippen molar-refractivity contribution < 1.29 is 4.39 Å². The van der Waals surface area contributed by atoms with Gasteiger partial charge in [0.1, 0.15) is 5.82 Å². The van der Waals surface area contributed by atoms with Crippen molar-refractivity contribution in [2.75, 3.05) is 0 Å². The van der Waals surface area contributed by atoms with Gasteiger partial charge in [0.15, 0.2) is 5.82 Å². The third-order valence-corrected chi connectivity index (χ3v) is 3.07. The van der Waals surface area contributed by atoms with Crippen molar-refractivity contribution in [3.63, 3.8) is 0 Å². The summed E-state index contributed by atoms with van der Waals surface area (Å²) in [5.41, 5.74) is 0.684. The number of halogens is 2. The monoisotopic (exact) mass is 327 g/mol. The van der Waals surface area contributed by atoms with E-state index in [1.807, 2.05) is 0 Å². The molecule has 0 spiro atoms. The van der Waals surface area contributed by atoms with Crippen LogP contribution in [0, 0.1) is 5.82 Å². The lowest BCUT2D eigenvalue weighted by Gasteiger charge is -2.19. The molecule has 102 valence electrons. The Kier molecular flexibility index (Phi) is 3.96. The largest absolute Gasteiger partial charge is 0.305 e. The normalized spacial score (nSPS) is 11.8. The summed E-state index contributed by atoms with van der Waals surface area (Å²) in [6, 6.07) is 4.66. The molecule has 1 N–H and O–H groups in total. The summed E-state index contributed by atoms with van der Waals surface area (Å²) >= 11 is 3.15. The quantitative estimate of drug-likeness (QED) is 0.940. The fourth-order valence-electron chi connectivity index (χ4n) is 1.48. The van der Waals surface area contributed by atoms with Gasteiger partial charge in [0.2, 0.25) is 0 Å². The highest BCUT2D eigenvalue weighted by atomic mass is 79.9. The van der Waals surface area contributed by atoms with Crippen LogP contribution in [-0.2, 0) is 6.54 Å². The van der Waals surface area contributed by atoms with Gasteiger partial charge in [0.05, 0.1) is 16.7 Å². The highest BCUT2D eigenvalue weighted by molar-refractivity contribution is 9.10. The van der Waals surface area contributed by atoms with Gasteiger partial charge in [-0.25, -0.2) is 4.39 Å². The van der Waals surface area contributed by atoms with Crippen LogP contribution in [0.3, 0.4) is 0 Å². The topological polar surface area (TPSA) is 55.6 Å². The minimum absolute atomic E-state index is 0.0276. The summed E-state index contributed by atoms with van der Waals surface area (Å²) in [6.07, 6.45) is 0. The molecular weight excluding hydrogens is 313 g/mol. The molecule has 0 amide bonds. The summed E-state index contributed by atoms with van der Waals surface area (Å²) < 4.78 is 15.2. The first kappa shape index (κ1) is 14.1. The lowest BCUT2D eigenvalue weighted by molar-refractivity contribution is 0.415. The molecule has 0 fully saturated rings. The van der Waals surface area contributed by atoms with Crippen LogP contribution in [-0.4, -0.2) is 25.7 Å². The van der Waals surface area contributed by atoms with Gasteiger partial charge in [-0.2, -0.15) is 4.68 Å². The van der Waals surface area contributed by atoms with Crippen LogP contribution in [0.1, 0.15) is 26.6 Å². The standard InChI is InChI=1S/C12H15BrFN5/c1-12(2,3)15-7-11-16-17-18-19(11)8-4-5-10(14)9(13)6-8/h4-6,15H,7H2,1-3H3. The van der Waals surface area contributed by atoms with Gasteiger partial charge in [-0.3, -0.25) is 0 Å². The van der Waals surface area contributed by atoms with Gasteiger partial charge >= 0.3 is 0 Å². The molecule has 1 aromatic heterocycles. The summed E-state index contributed by atoms with van der Waals surface area (Å²) in [6.45, 7) is 6.73. The lowest BCUT2D eigenvalue weighted by Crippen LogP contribution is -2.35. The maximum Gasteiger partial charge on any atom is 0.170 e. The Morgan fingerprint density at radius 1 is 1.37 bits per heavy atom. The van der Waals surface area contributed by atoms with Gasteiger partial charge in [-0.05, 0) is 65.3 Å². The maximum atomic E-state index is 13.2. The highest BCUT2D eigenvalue weighted by Crippen LogP contribution is 2.19. The van der Waals surface area contributed by atoms with E-state index in [4.69, 9.17) is 0 Å². The van der Waals surface area contributed by atoms with Gasteiger partial charge in [-0.15, -0.1) is 5.10 Å². The minimum Gasteiger partial charge on any atom is -0.305 e. The molecule has 0 aliphatic rings. The molecular formula is C12H15BrFN5. The number of nitrogens with one attached hydrogen (secondary N) is 1. The lowest BCUT2D eigenvalue weighted by atomic mass is 10.1. The van der Waals surface area contributed by atoms with E-state index in [2.05, 4.69) is 57.5 Å². The van der Waals surface area contributed by atoms with Gasteiger partial charge in [0, 0.05) is 5.54 Å². The Labute approximate surface area is 119 Å². The predicted molar refractivity (Wildman–Crippen MR) is 73.4 cm³/mol. The Morgan fingerprint density at radius 3 is 2.74 bits per heavy atom. The van der Waals surface area contributed by atoms with Crippen LogP contribution in [0.5, 0.6) is 0 Å². The van der Waals surface area contributed by atoms with E-state index >= 15 is 0 Å². The van der Waals surface area contributed by atoms with Crippen molar-refractivity contribution in [3.05, 3.63) is 34.3 Å². The van der Waals surface area contributed by atoms with E-state index in [1.54, 1.807) is 16.8 Å². The van der Waals surface area contributed by atoms with Crippen molar-refractivity contribution >= 4 is 15.9 Å². The van der Waals surface area contributed by atoms with Crippen molar-refractivity contribution in [2.24, 2.45) is 0 Å². The fourth-order valence-corrected chi connectivity index (χ4v) is 1.84. The molecule has 0 aliphatic heterocycles. The Bertz CT molecular complexity index is 576. The summed E-state index contributed by atoms with van der Waals surface area (Å²) in [5.74, 6) is 0.361. The number of rotatable bonds is 3. The number of aromatic nitrogens is 4. The van der Waals surface area contributed by atoms with Gasteiger partial charge in [0.25, 0.3) is 0 Å². The molecule has 0 bridgehead atoms. The first-order valence-corrected chi connectivity index (χ1v) is 6.64. The highest BCUT2D eigenvalue weighted by Gasteiger charge is 2.14. The Hall–Kier alpha value is -1.34. The second-order valence-electron chi connectivity index (χ2n) is 5.21. The van der Waals surface area contributed by atoms with Gasteiger partial charge < -0.3 is 5.32 Å². The van der Waals surface area contributed by atoms with E-state index in [0.29, 0.717) is 22.5 Å². The summed E-state index contributed by atoms with van der Waals surface area (Å²) in [5, 5.41) is 14.9. The predicted octanol–water partition coefficient (Wildman–Crippen LogP) is 2.45. The van der Waals surface area contributed by atoms with E-state index in [-0.39, 0.29) is 11.4 Å². The first-order valence-electron chi connectivity index (χ1n) is 5.84. The maximum absolute atomic E-state index is 13.2. The molecule has 1 aromatic carbocycles. The molecule has 2 rings (SSSR count). The van der Waals surface area contributed by atoms with Crippen LogP contribution < -0.4 is 5.32 Å². The molecule has 0 unspecified atom stereocenters. The molecule has 0 atom stereocenters. The molecule has 19 heavy (non-hydrogen) atoms. The minimum atomic E-state index is -0.314. The number of tetrazole rings is 1. The van der Waals surface area contributed by atoms with Crippen molar-refractivity contribution in [1.29, 1.82) is 0 Å². The van der Waals surface area contributed by atoms with Crippen molar-refractivity contribution in [1.82, 2.24) is 25.5 Å². The summed E-state index contributed by atoms with van der Waals surface area (Å²) in [4.78, 5) is 0. The average Bonchev–Trinajstić information content (AvgIpc) is 2.77. The van der Waals surface area contributed by atoms with Crippen LogP contribution in [0.15, 0.2) is 22.7 Å². The van der Waals surface area contributed by atoms with Crippen LogP contribution in [0.4, 0.5) is 4.39 Å². The second-order valence-corrected chi connectivity index (χ2v) is 6.06. The third-order valence-electron chi connectivity index (χ3n) is 2.46. The van der Waals surface area contributed by atoms with Crippen LogP contribution in [0.25, 0.3) is 5.69 Å². The van der Waals surface area contributed by atoms with E-state index in [9.17, 15) is 4.39 Å². The van der Waals surface area contributed by atoms with Crippen molar-refractivity contribution in [2.45, 2.75) is 32.9 Å². The van der Waals surface area contributed by atoms with E-state index in [0.717, 1.165) is 0 Å². The molecule has 2 aromatic rings. The zero-order valence-electron chi connectivity index (χ0n) is 11.0. The molecule has 0 radical (unpaired) electrons. The fraction of sp³-hybridized carbons (Fsp3) is 0.417. The van der Waals surface area contributed by atoms with Crippen molar-refractivity contribution in [3.8, 4) is 5.69 Å². The first-order chi connectivity index (χ1) is 8.87. The van der Waals surface area contributed by atoms with E-state index < -0.39 is 0 Å². The van der Waals surface area contributed by atoms with Gasteiger partial charge in [-0.1, -0.05) is 0 Å². The molecule has 0 saturated carbocycles. The average molecular weight is 328 g/mol. The molecule has 0 saturated heterocycles. The Balaban J connectivity index is 2.26. The second kappa shape index (κ2) is 5.34. The third kappa shape index (κ3) is 3.57. The molecule has 5 nitrogen and oxygen atoms in total. The Morgan fingerprint density at radius 2 is 2.11 bits per heavy atom. The smallest absolute Gasteiger partial charge is 0.170 e. The zero-order chi connectivity index (χ0) is 14.0. The molecule has 0 aliphatic carbocycles. The van der Waals surface area contributed by atoms with E-state index in [1.165, 1.54) is 6.07 Å². The number of hydrogen-bond acceptors (Lipinski definition) is 4. The SMILES string of the molecule is CC(C)(C)NCc1nnnn1-c1ccc(F)c(Br)c1. The number of benzene rings is 1. The zero-order valence-corrected chi connectivity index (χ0v) is 12.6.